The van der Waals surface area contributed by atoms with E-state index in [9.17, 15) is 4.79 Å². The number of carbonyl (C=O) groups is 1. The maximum absolute atomic E-state index is 11.0. The zero-order valence-electron chi connectivity index (χ0n) is 9.86. The van der Waals surface area contributed by atoms with Crippen LogP contribution in [0.1, 0.15) is 31.0 Å². The van der Waals surface area contributed by atoms with Crippen LogP contribution in [0.3, 0.4) is 0 Å². The molecule has 1 heterocycles. The first-order valence-corrected chi connectivity index (χ1v) is 7.20. The number of hydrogen-bond acceptors (Lipinski definition) is 5. The monoisotopic (exact) mass is 259 g/mol. The minimum absolute atomic E-state index is 0.146. The van der Waals surface area contributed by atoms with E-state index in [1.807, 2.05) is 6.92 Å². The maximum atomic E-state index is 11.0. The normalized spacial score (nSPS) is 12.4. The molecule has 0 saturated heterocycles. The zero-order chi connectivity index (χ0) is 12.0. The number of nitrogens with zero attached hydrogens (tertiary/aromatic N) is 1. The zero-order valence-corrected chi connectivity index (χ0v) is 11.5. The molecule has 0 spiro atoms. The third-order valence-corrected chi connectivity index (χ3v) is 4.34. The van der Waals surface area contributed by atoms with E-state index in [0.29, 0.717) is 6.42 Å². The lowest BCUT2D eigenvalue weighted by Gasteiger charge is -2.08. The van der Waals surface area contributed by atoms with Crippen molar-refractivity contribution in [3.05, 3.63) is 16.1 Å². The highest BCUT2D eigenvalue weighted by atomic mass is 32.2. The van der Waals surface area contributed by atoms with Gasteiger partial charge in [-0.05, 0) is 6.42 Å². The van der Waals surface area contributed by atoms with Crippen molar-refractivity contribution in [2.24, 2.45) is 0 Å². The number of carbonyl (C=O) groups excluding carboxylic acids is 1. The summed E-state index contributed by atoms with van der Waals surface area (Å²) in [6, 6.07) is 0. The molecule has 1 unspecified atom stereocenters. The molecule has 1 rings (SSSR count). The van der Waals surface area contributed by atoms with Gasteiger partial charge in [0.25, 0.3) is 0 Å². The first-order valence-electron chi connectivity index (χ1n) is 5.27. The Kier molecular flexibility index (Phi) is 5.84. The summed E-state index contributed by atoms with van der Waals surface area (Å²) in [6.45, 7) is 4.14. The minimum atomic E-state index is -0.146. The van der Waals surface area contributed by atoms with Crippen molar-refractivity contribution in [1.82, 2.24) is 4.98 Å². The number of methoxy groups -OCH3 is 1. The predicted molar refractivity (Wildman–Crippen MR) is 68.9 cm³/mol. The van der Waals surface area contributed by atoms with Gasteiger partial charge in [0.2, 0.25) is 0 Å². The molecule has 0 amide bonds. The lowest BCUT2D eigenvalue weighted by atomic mass is 10.3. The molecule has 1 aromatic heterocycles. The topological polar surface area (TPSA) is 39.2 Å². The molecule has 1 aromatic rings. The highest BCUT2D eigenvalue weighted by molar-refractivity contribution is 7.99. The van der Waals surface area contributed by atoms with Crippen molar-refractivity contribution in [1.29, 1.82) is 0 Å². The fraction of sp³-hybridized carbons (Fsp3) is 0.636. The molecule has 0 aromatic carbocycles. The van der Waals surface area contributed by atoms with Crippen molar-refractivity contribution in [3.8, 4) is 0 Å². The van der Waals surface area contributed by atoms with Gasteiger partial charge in [-0.15, -0.1) is 11.3 Å². The molecule has 0 aliphatic rings. The van der Waals surface area contributed by atoms with Crippen LogP contribution in [0.2, 0.25) is 0 Å². The average molecular weight is 259 g/mol. The van der Waals surface area contributed by atoms with Crippen LogP contribution in [0.5, 0.6) is 0 Å². The third kappa shape index (κ3) is 4.53. The molecule has 16 heavy (non-hydrogen) atoms. The third-order valence-electron chi connectivity index (χ3n) is 2.10. The summed E-state index contributed by atoms with van der Waals surface area (Å²) in [5.41, 5.74) is 1.11. The number of ether oxygens (including phenoxy) is 1. The van der Waals surface area contributed by atoms with Crippen LogP contribution in [-0.2, 0) is 21.7 Å². The summed E-state index contributed by atoms with van der Waals surface area (Å²) >= 11 is 3.44. The molecule has 0 saturated carbocycles. The Morgan fingerprint density at radius 3 is 3.00 bits per heavy atom. The molecule has 0 fully saturated rings. The summed E-state index contributed by atoms with van der Waals surface area (Å²) in [5, 5.41) is 3.55. The van der Waals surface area contributed by atoms with Crippen molar-refractivity contribution < 1.29 is 9.53 Å². The molecular formula is C11H17NO2S2. The number of rotatable bonds is 6. The largest absolute Gasteiger partial charge is 0.469 e. The Hall–Kier alpha value is -0.550. The van der Waals surface area contributed by atoms with Crippen LogP contribution >= 0.6 is 23.1 Å². The molecule has 3 nitrogen and oxygen atoms in total. The van der Waals surface area contributed by atoms with E-state index in [-0.39, 0.29) is 11.2 Å². The fourth-order valence-corrected chi connectivity index (χ4v) is 2.89. The van der Waals surface area contributed by atoms with Gasteiger partial charge < -0.3 is 4.74 Å². The summed E-state index contributed by atoms with van der Waals surface area (Å²) in [5.74, 6) is 0.724. The Morgan fingerprint density at radius 2 is 2.44 bits per heavy atom. The minimum Gasteiger partial charge on any atom is -0.469 e. The highest BCUT2D eigenvalue weighted by Crippen LogP contribution is 2.21. The van der Waals surface area contributed by atoms with Gasteiger partial charge in [-0.2, -0.15) is 11.8 Å². The quantitative estimate of drug-likeness (QED) is 0.736. The number of thiazole rings is 1. The molecule has 0 radical (unpaired) electrons. The number of aryl methyl sites for hydroxylation is 1. The Morgan fingerprint density at radius 1 is 1.69 bits per heavy atom. The van der Waals surface area contributed by atoms with Gasteiger partial charge in [0.05, 0.1) is 24.2 Å². The molecule has 5 heteroatoms. The van der Waals surface area contributed by atoms with E-state index >= 15 is 0 Å². The summed E-state index contributed by atoms with van der Waals surface area (Å²) in [6.07, 6.45) is 1.46. The first-order chi connectivity index (χ1) is 7.65. The van der Waals surface area contributed by atoms with Crippen LogP contribution < -0.4 is 0 Å². The predicted octanol–water partition coefficient (Wildman–Crippen LogP) is 2.89. The van der Waals surface area contributed by atoms with E-state index in [1.54, 1.807) is 23.1 Å². The molecule has 0 N–H and O–H groups in total. The standard InChI is InChI=1S/C11H17NO2S2/c1-4-10-12-9(7-16-10)6-15-8(2)5-11(13)14-3/h7-8H,4-6H2,1-3H3. The molecule has 0 aliphatic carbocycles. The van der Waals surface area contributed by atoms with Crippen molar-refractivity contribution in [2.75, 3.05) is 7.11 Å². The maximum Gasteiger partial charge on any atom is 0.306 e. The summed E-state index contributed by atoms with van der Waals surface area (Å²) in [4.78, 5) is 15.5. The van der Waals surface area contributed by atoms with Gasteiger partial charge in [-0.3, -0.25) is 4.79 Å². The SMILES string of the molecule is CCc1nc(CSC(C)CC(=O)OC)cs1. The molecular weight excluding hydrogens is 242 g/mol. The van der Waals surface area contributed by atoms with E-state index in [0.717, 1.165) is 17.9 Å². The van der Waals surface area contributed by atoms with Gasteiger partial charge >= 0.3 is 5.97 Å². The summed E-state index contributed by atoms with van der Waals surface area (Å²) in [7, 11) is 1.42. The fourth-order valence-electron chi connectivity index (χ4n) is 1.18. The van der Waals surface area contributed by atoms with E-state index in [4.69, 9.17) is 0 Å². The number of aromatic nitrogens is 1. The van der Waals surface area contributed by atoms with Gasteiger partial charge in [0.15, 0.2) is 0 Å². The van der Waals surface area contributed by atoms with Crippen molar-refractivity contribution >= 4 is 29.1 Å². The van der Waals surface area contributed by atoms with E-state index in [2.05, 4.69) is 22.0 Å². The molecule has 0 aliphatic heterocycles. The van der Waals surface area contributed by atoms with Crippen molar-refractivity contribution in [3.63, 3.8) is 0 Å². The second-order valence-electron chi connectivity index (χ2n) is 3.49. The Labute approximate surface area is 105 Å². The molecule has 1 atom stereocenters. The van der Waals surface area contributed by atoms with Crippen LogP contribution in [0.15, 0.2) is 5.38 Å². The van der Waals surface area contributed by atoms with Crippen LogP contribution in [-0.4, -0.2) is 23.3 Å². The smallest absolute Gasteiger partial charge is 0.306 e. The van der Waals surface area contributed by atoms with Gasteiger partial charge in [-0.25, -0.2) is 4.98 Å². The van der Waals surface area contributed by atoms with Gasteiger partial charge in [0, 0.05) is 16.4 Å². The van der Waals surface area contributed by atoms with E-state index < -0.39 is 0 Å². The Bertz CT molecular complexity index is 338. The van der Waals surface area contributed by atoms with Crippen LogP contribution in [0.4, 0.5) is 0 Å². The average Bonchev–Trinajstić information content (AvgIpc) is 2.74. The number of esters is 1. The van der Waals surface area contributed by atoms with Crippen LogP contribution in [0, 0.1) is 0 Å². The van der Waals surface area contributed by atoms with E-state index in [1.165, 1.54) is 12.1 Å². The first kappa shape index (κ1) is 13.5. The number of hydrogen-bond donors (Lipinski definition) is 0. The number of thioether (sulfide) groups is 1. The summed E-state index contributed by atoms with van der Waals surface area (Å²) < 4.78 is 4.63. The van der Waals surface area contributed by atoms with Crippen molar-refractivity contribution in [2.45, 2.75) is 37.7 Å². The van der Waals surface area contributed by atoms with Gasteiger partial charge in [-0.1, -0.05) is 13.8 Å². The highest BCUT2D eigenvalue weighted by Gasteiger charge is 2.10. The Balaban J connectivity index is 2.31. The molecule has 90 valence electrons. The molecule has 0 bridgehead atoms. The lowest BCUT2D eigenvalue weighted by Crippen LogP contribution is -2.08. The van der Waals surface area contributed by atoms with Crippen LogP contribution in [0.25, 0.3) is 0 Å². The van der Waals surface area contributed by atoms with Gasteiger partial charge in [0.1, 0.15) is 0 Å². The lowest BCUT2D eigenvalue weighted by molar-refractivity contribution is -0.140. The second kappa shape index (κ2) is 6.91. The second-order valence-corrected chi connectivity index (χ2v) is 5.86.